The summed E-state index contributed by atoms with van der Waals surface area (Å²) in [6.45, 7) is 8.21. The minimum absolute atomic E-state index is 0.0896. The Balaban J connectivity index is 1.85. The first-order valence-corrected chi connectivity index (χ1v) is 11.7. The Bertz CT molecular complexity index is 1400. The summed E-state index contributed by atoms with van der Waals surface area (Å²) < 4.78 is 4.40. The first-order chi connectivity index (χ1) is 15.3. The molecule has 1 atom stereocenters. The number of aryl methyl sites for hydroxylation is 1. The fourth-order valence-corrected chi connectivity index (χ4v) is 4.38. The first-order valence-electron chi connectivity index (χ1n) is 10.5. The molecule has 2 aromatic heterocycles. The van der Waals surface area contributed by atoms with Crippen LogP contribution < -0.4 is 5.56 Å². The van der Waals surface area contributed by atoms with Gasteiger partial charge in [-0.05, 0) is 62.7 Å². The van der Waals surface area contributed by atoms with E-state index in [4.69, 9.17) is 16.6 Å². The number of rotatable bonds is 5. The number of hydrogen-bond donors (Lipinski definition) is 0. The minimum Gasteiger partial charge on any atom is -0.318 e. The molecule has 0 saturated carbocycles. The number of nitrogens with zero attached hydrogens (tertiary/aromatic N) is 4. The smallest absolute Gasteiger partial charge is 0.282 e. The van der Waals surface area contributed by atoms with Gasteiger partial charge in [0.1, 0.15) is 5.82 Å². The molecule has 7 heteroatoms. The molecule has 0 aliphatic rings. The number of halogens is 2. The van der Waals surface area contributed by atoms with E-state index in [0.717, 1.165) is 33.5 Å². The van der Waals surface area contributed by atoms with E-state index in [1.807, 2.05) is 50.2 Å². The molecule has 4 aromatic rings. The molecule has 0 aliphatic carbocycles. The minimum atomic E-state index is -0.175. The molecule has 2 heterocycles. The molecule has 0 bridgehead atoms. The van der Waals surface area contributed by atoms with E-state index in [9.17, 15) is 4.79 Å². The second-order valence-electron chi connectivity index (χ2n) is 7.94. The summed E-state index contributed by atoms with van der Waals surface area (Å²) in [6, 6.07) is 15.3. The van der Waals surface area contributed by atoms with Crippen LogP contribution in [-0.2, 0) is 0 Å². The average Bonchev–Trinajstić information content (AvgIpc) is 3.05. The predicted octanol–water partition coefficient (Wildman–Crippen LogP) is 6.62. The van der Waals surface area contributed by atoms with Crippen molar-refractivity contribution in [1.82, 2.24) is 14.2 Å². The Hall–Kier alpha value is -2.70. The maximum absolute atomic E-state index is 13.3. The standard InChI is InChI=1S/C25H24BrClN4O/c1-5-15(2)24-29-23-10-9-19(26)12-22(23)25(32)31(24)28-14-18-11-16(3)30(17(18)4)21-8-6-7-20(27)13-21/h6-15H,5H2,1-4H3/t15-/m1/s1. The highest BCUT2D eigenvalue weighted by molar-refractivity contribution is 9.10. The molecule has 0 amide bonds. The third kappa shape index (κ3) is 4.17. The van der Waals surface area contributed by atoms with Crippen molar-refractivity contribution < 1.29 is 0 Å². The SMILES string of the molecule is CC[C@@H](C)c1nc2ccc(Br)cc2c(=O)n1N=Cc1cc(C)n(-c2cccc(Cl)c2)c1C. The van der Waals surface area contributed by atoms with E-state index in [-0.39, 0.29) is 11.5 Å². The lowest BCUT2D eigenvalue weighted by atomic mass is 10.1. The van der Waals surface area contributed by atoms with Gasteiger partial charge in [0.05, 0.1) is 17.1 Å². The molecule has 32 heavy (non-hydrogen) atoms. The molecule has 0 N–H and O–H groups in total. The van der Waals surface area contributed by atoms with Crippen LogP contribution >= 0.6 is 27.5 Å². The second kappa shape index (κ2) is 9.04. The van der Waals surface area contributed by atoms with E-state index < -0.39 is 0 Å². The molecule has 0 radical (unpaired) electrons. The third-order valence-corrected chi connectivity index (χ3v) is 6.46. The number of aromatic nitrogens is 3. The van der Waals surface area contributed by atoms with Crippen LogP contribution in [0.5, 0.6) is 0 Å². The molecule has 5 nitrogen and oxygen atoms in total. The van der Waals surface area contributed by atoms with Gasteiger partial charge in [-0.3, -0.25) is 4.79 Å². The van der Waals surface area contributed by atoms with E-state index in [1.165, 1.54) is 4.68 Å². The molecule has 0 spiro atoms. The number of fused-ring (bicyclic) bond motifs is 1. The number of benzene rings is 2. The van der Waals surface area contributed by atoms with Crippen molar-refractivity contribution in [2.45, 2.75) is 40.0 Å². The summed E-state index contributed by atoms with van der Waals surface area (Å²) in [5.74, 6) is 0.749. The summed E-state index contributed by atoms with van der Waals surface area (Å²) in [7, 11) is 0. The Morgan fingerprint density at radius 1 is 1.19 bits per heavy atom. The fourth-order valence-electron chi connectivity index (χ4n) is 3.83. The van der Waals surface area contributed by atoms with Crippen molar-refractivity contribution in [3.8, 4) is 5.69 Å². The topological polar surface area (TPSA) is 52.2 Å². The van der Waals surface area contributed by atoms with Crippen molar-refractivity contribution in [2.75, 3.05) is 0 Å². The van der Waals surface area contributed by atoms with E-state index in [1.54, 1.807) is 12.3 Å². The number of hydrogen-bond acceptors (Lipinski definition) is 3. The van der Waals surface area contributed by atoms with Crippen molar-refractivity contribution >= 4 is 44.6 Å². The second-order valence-corrected chi connectivity index (χ2v) is 9.30. The lowest BCUT2D eigenvalue weighted by Gasteiger charge is -2.14. The van der Waals surface area contributed by atoms with Crippen LogP contribution in [0.2, 0.25) is 5.02 Å². The van der Waals surface area contributed by atoms with Crippen LogP contribution in [0, 0.1) is 13.8 Å². The predicted molar refractivity (Wildman–Crippen MR) is 136 cm³/mol. The maximum atomic E-state index is 13.3. The van der Waals surface area contributed by atoms with Gasteiger partial charge in [-0.2, -0.15) is 9.78 Å². The highest BCUT2D eigenvalue weighted by atomic mass is 79.9. The summed E-state index contributed by atoms with van der Waals surface area (Å²) >= 11 is 9.65. The van der Waals surface area contributed by atoms with Gasteiger partial charge >= 0.3 is 0 Å². The summed E-state index contributed by atoms with van der Waals surface area (Å²) in [5, 5.41) is 5.83. The fraction of sp³-hybridized carbons (Fsp3) is 0.240. The first kappa shape index (κ1) is 22.5. The Kier molecular flexibility index (Phi) is 6.35. The Morgan fingerprint density at radius 2 is 1.97 bits per heavy atom. The molecule has 0 aliphatic heterocycles. The van der Waals surface area contributed by atoms with Gasteiger partial charge in [-0.1, -0.05) is 47.4 Å². The summed E-state index contributed by atoms with van der Waals surface area (Å²) in [6.07, 6.45) is 2.59. The van der Waals surface area contributed by atoms with Gasteiger partial charge in [-0.25, -0.2) is 4.98 Å². The van der Waals surface area contributed by atoms with Crippen LogP contribution in [0.3, 0.4) is 0 Å². The average molecular weight is 512 g/mol. The highest BCUT2D eigenvalue weighted by Gasteiger charge is 2.16. The molecular formula is C25H24BrClN4O. The van der Waals surface area contributed by atoms with Crippen molar-refractivity contribution in [2.24, 2.45) is 5.10 Å². The molecule has 2 aromatic carbocycles. The molecule has 0 fully saturated rings. The normalized spacial score (nSPS) is 12.7. The van der Waals surface area contributed by atoms with Gasteiger partial charge in [0.2, 0.25) is 0 Å². The zero-order chi connectivity index (χ0) is 23.0. The van der Waals surface area contributed by atoms with Crippen LogP contribution in [0.1, 0.15) is 49.0 Å². The van der Waals surface area contributed by atoms with Gasteiger partial charge in [0.25, 0.3) is 5.56 Å². The van der Waals surface area contributed by atoms with Crippen LogP contribution in [0.25, 0.3) is 16.6 Å². The van der Waals surface area contributed by atoms with E-state index in [2.05, 4.69) is 45.5 Å². The van der Waals surface area contributed by atoms with Gasteiger partial charge in [-0.15, -0.1) is 0 Å². The molecule has 164 valence electrons. The zero-order valence-electron chi connectivity index (χ0n) is 18.4. The lowest BCUT2D eigenvalue weighted by molar-refractivity contribution is 0.613. The van der Waals surface area contributed by atoms with Crippen LogP contribution in [-0.4, -0.2) is 20.4 Å². The van der Waals surface area contributed by atoms with Crippen molar-refractivity contribution in [3.05, 3.63) is 91.2 Å². The van der Waals surface area contributed by atoms with Crippen LogP contribution in [0.4, 0.5) is 0 Å². The van der Waals surface area contributed by atoms with Gasteiger partial charge < -0.3 is 4.57 Å². The molecular weight excluding hydrogens is 488 g/mol. The molecule has 4 rings (SSSR count). The zero-order valence-corrected chi connectivity index (χ0v) is 20.8. The van der Waals surface area contributed by atoms with E-state index >= 15 is 0 Å². The Morgan fingerprint density at radius 3 is 2.69 bits per heavy atom. The largest absolute Gasteiger partial charge is 0.318 e. The Labute approximate surface area is 200 Å². The monoisotopic (exact) mass is 510 g/mol. The maximum Gasteiger partial charge on any atom is 0.282 e. The lowest BCUT2D eigenvalue weighted by Crippen LogP contribution is -2.23. The summed E-state index contributed by atoms with van der Waals surface area (Å²) in [4.78, 5) is 18.1. The van der Waals surface area contributed by atoms with Gasteiger partial charge in [0, 0.05) is 38.1 Å². The van der Waals surface area contributed by atoms with E-state index in [0.29, 0.717) is 21.7 Å². The highest BCUT2D eigenvalue weighted by Crippen LogP contribution is 2.23. The quantitative estimate of drug-likeness (QED) is 0.283. The van der Waals surface area contributed by atoms with Crippen molar-refractivity contribution in [1.29, 1.82) is 0 Å². The molecule has 0 saturated heterocycles. The van der Waals surface area contributed by atoms with Crippen molar-refractivity contribution in [3.63, 3.8) is 0 Å². The molecule has 0 unspecified atom stereocenters. The van der Waals surface area contributed by atoms with Crippen LogP contribution in [0.15, 0.2) is 62.9 Å². The van der Waals surface area contributed by atoms with Gasteiger partial charge in [0.15, 0.2) is 0 Å². The third-order valence-electron chi connectivity index (χ3n) is 5.74. The summed E-state index contributed by atoms with van der Waals surface area (Å²) in [5.41, 5.74) is 4.50.